The van der Waals surface area contributed by atoms with Gasteiger partial charge in [-0.25, -0.2) is 0 Å². The third kappa shape index (κ3) is 2.13. The predicted molar refractivity (Wildman–Crippen MR) is 90.6 cm³/mol. The standard InChI is InChI=1S/C20H22O4/c1-19(2)7-8-20(15-6-4-12(21)9-17(15)23)11-16(19)14-5-3-13(22)10-18(14)24-20/h3-6,9-10,16,21-23H,7-8,11H2,1-2H3/t16-,20+/m0/s1. The van der Waals surface area contributed by atoms with E-state index in [0.717, 1.165) is 24.8 Å². The number of ether oxygens (including phenoxy) is 1. The Morgan fingerprint density at radius 3 is 2.42 bits per heavy atom. The van der Waals surface area contributed by atoms with Gasteiger partial charge in [-0.1, -0.05) is 19.9 Å². The van der Waals surface area contributed by atoms with Gasteiger partial charge in [-0.15, -0.1) is 0 Å². The van der Waals surface area contributed by atoms with Crippen molar-refractivity contribution in [2.75, 3.05) is 0 Å². The Labute approximate surface area is 141 Å². The lowest BCUT2D eigenvalue weighted by molar-refractivity contribution is -0.0426. The van der Waals surface area contributed by atoms with Crippen LogP contribution in [-0.2, 0) is 5.60 Å². The number of phenolic OH excluding ortho intramolecular Hbond substituents is 3. The maximum absolute atomic E-state index is 10.4. The summed E-state index contributed by atoms with van der Waals surface area (Å²) in [6.07, 6.45) is 2.53. The van der Waals surface area contributed by atoms with Crippen molar-refractivity contribution < 1.29 is 20.1 Å². The van der Waals surface area contributed by atoms with Crippen LogP contribution < -0.4 is 4.74 Å². The number of benzene rings is 2. The highest BCUT2D eigenvalue weighted by Gasteiger charge is 2.52. The molecule has 2 atom stereocenters. The highest BCUT2D eigenvalue weighted by molar-refractivity contribution is 5.50. The molecule has 2 bridgehead atoms. The minimum Gasteiger partial charge on any atom is -0.508 e. The molecule has 4 nitrogen and oxygen atoms in total. The fourth-order valence-electron chi connectivity index (χ4n) is 4.34. The Balaban J connectivity index is 1.89. The minimum absolute atomic E-state index is 0.0363. The zero-order valence-corrected chi connectivity index (χ0v) is 13.9. The summed E-state index contributed by atoms with van der Waals surface area (Å²) >= 11 is 0. The maximum atomic E-state index is 10.4. The molecule has 2 aromatic carbocycles. The molecule has 24 heavy (non-hydrogen) atoms. The fraction of sp³-hybridized carbons (Fsp3) is 0.400. The second-order valence-electron chi connectivity index (χ2n) is 7.77. The zero-order valence-electron chi connectivity index (χ0n) is 13.9. The van der Waals surface area contributed by atoms with Crippen molar-refractivity contribution in [2.24, 2.45) is 5.41 Å². The van der Waals surface area contributed by atoms with Crippen LogP contribution in [-0.4, -0.2) is 15.3 Å². The first-order chi connectivity index (χ1) is 11.3. The largest absolute Gasteiger partial charge is 0.508 e. The summed E-state index contributed by atoms with van der Waals surface area (Å²) < 4.78 is 6.37. The third-order valence-corrected chi connectivity index (χ3v) is 5.80. The Morgan fingerprint density at radius 2 is 1.67 bits per heavy atom. The van der Waals surface area contributed by atoms with Gasteiger partial charge in [-0.3, -0.25) is 0 Å². The molecule has 0 aromatic heterocycles. The number of aromatic hydroxyl groups is 3. The van der Waals surface area contributed by atoms with Gasteiger partial charge in [0.1, 0.15) is 28.6 Å². The molecular weight excluding hydrogens is 304 g/mol. The van der Waals surface area contributed by atoms with Gasteiger partial charge in [0.25, 0.3) is 0 Å². The van der Waals surface area contributed by atoms with Crippen molar-refractivity contribution in [3.8, 4) is 23.0 Å². The summed E-state index contributed by atoms with van der Waals surface area (Å²) in [6, 6.07) is 10.0. The quantitative estimate of drug-likeness (QED) is 0.727. The lowest BCUT2D eigenvalue weighted by Gasteiger charge is -2.53. The molecule has 0 unspecified atom stereocenters. The summed E-state index contributed by atoms with van der Waals surface area (Å²) in [5, 5.41) is 29.9. The summed E-state index contributed by atoms with van der Waals surface area (Å²) in [7, 11) is 0. The van der Waals surface area contributed by atoms with E-state index in [0.29, 0.717) is 11.3 Å². The van der Waals surface area contributed by atoms with E-state index < -0.39 is 5.60 Å². The van der Waals surface area contributed by atoms with Gasteiger partial charge in [-0.2, -0.15) is 0 Å². The van der Waals surface area contributed by atoms with Gasteiger partial charge in [-0.05, 0) is 54.4 Å². The van der Waals surface area contributed by atoms with E-state index in [1.54, 1.807) is 24.3 Å². The van der Waals surface area contributed by atoms with Crippen LogP contribution in [0.3, 0.4) is 0 Å². The molecule has 1 aliphatic heterocycles. The summed E-state index contributed by atoms with van der Waals surface area (Å²) in [5.74, 6) is 1.23. The number of rotatable bonds is 1. The lowest BCUT2D eigenvalue weighted by Crippen LogP contribution is -2.47. The fourth-order valence-corrected chi connectivity index (χ4v) is 4.34. The zero-order chi connectivity index (χ0) is 17.1. The molecule has 4 heteroatoms. The summed E-state index contributed by atoms with van der Waals surface area (Å²) in [4.78, 5) is 0. The van der Waals surface area contributed by atoms with E-state index >= 15 is 0 Å². The SMILES string of the molecule is CC1(C)CC[C@]2(c3ccc(O)cc3O)C[C@H]1c1ccc(O)cc1O2. The smallest absolute Gasteiger partial charge is 0.138 e. The van der Waals surface area contributed by atoms with Crippen molar-refractivity contribution in [3.63, 3.8) is 0 Å². The average Bonchev–Trinajstić information content (AvgIpc) is 2.51. The second kappa shape index (κ2) is 4.82. The third-order valence-electron chi connectivity index (χ3n) is 5.80. The molecule has 0 radical (unpaired) electrons. The van der Waals surface area contributed by atoms with Gasteiger partial charge < -0.3 is 20.1 Å². The molecule has 0 spiro atoms. The van der Waals surface area contributed by atoms with E-state index in [4.69, 9.17) is 4.74 Å². The van der Waals surface area contributed by atoms with Crippen molar-refractivity contribution >= 4 is 0 Å². The molecule has 4 rings (SSSR count). The molecule has 1 fully saturated rings. The normalized spacial score (nSPS) is 27.2. The topological polar surface area (TPSA) is 69.9 Å². The first-order valence-corrected chi connectivity index (χ1v) is 8.35. The van der Waals surface area contributed by atoms with Crippen molar-refractivity contribution in [1.82, 2.24) is 0 Å². The molecular formula is C20H22O4. The number of phenols is 3. The molecule has 1 saturated carbocycles. The predicted octanol–water partition coefficient (Wildman–Crippen LogP) is 4.39. The first-order valence-electron chi connectivity index (χ1n) is 8.35. The van der Waals surface area contributed by atoms with Crippen LogP contribution >= 0.6 is 0 Å². The second-order valence-corrected chi connectivity index (χ2v) is 7.77. The van der Waals surface area contributed by atoms with E-state index in [2.05, 4.69) is 13.8 Å². The molecule has 1 heterocycles. The van der Waals surface area contributed by atoms with Gasteiger partial charge in [0.05, 0.1) is 0 Å². The van der Waals surface area contributed by atoms with E-state index in [-0.39, 0.29) is 28.6 Å². The highest BCUT2D eigenvalue weighted by Crippen LogP contribution is 2.61. The Morgan fingerprint density at radius 1 is 0.958 bits per heavy atom. The van der Waals surface area contributed by atoms with Crippen LogP contribution in [0, 0.1) is 5.41 Å². The first kappa shape index (κ1) is 15.2. The van der Waals surface area contributed by atoms with E-state index in [1.165, 1.54) is 6.07 Å². The highest BCUT2D eigenvalue weighted by atomic mass is 16.5. The van der Waals surface area contributed by atoms with Crippen LogP contribution in [0.4, 0.5) is 0 Å². The summed E-state index contributed by atoms with van der Waals surface area (Å²) in [6.45, 7) is 4.53. The number of fused-ring (bicyclic) bond motifs is 4. The van der Waals surface area contributed by atoms with Crippen molar-refractivity contribution in [1.29, 1.82) is 0 Å². The molecule has 0 amide bonds. The van der Waals surface area contributed by atoms with Gasteiger partial charge in [0, 0.05) is 17.7 Å². The molecule has 1 aliphatic carbocycles. The Kier molecular flexibility index (Phi) is 3.05. The van der Waals surface area contributed by atoms with Gasteiger partial charge >= 0.3 is 0 Å². The van der Waals surface area contributed by atoms with Crippen LogP contribution in [0.5, 0.6) is 23.0 Å². The van der Waals surface area contributed by atoms with E-state index in [1.807, 2.05) is 6.07 Å². The molecule has 126 valence electrons. The number of hydrogen-bond acceptors (Lipinski definition) is 4. The van der Waals surface area contributed by atoms with Gasteiger partial charge in [0.15, 0.2) is 0 Å². The Bertz CT molecular complexity index is 811. The van der Waals surface area contributed by atoms with Gasteiger partial charge in [0.2, 0.25) is 0 Å². The van der Waals surface area contributed by atoms with Crippen LogP contribution in [0.25, 0.3) is 0 Å². The average molecular weight is 326 g/mol. The van der Waals surface area contributed by atoms with Crippen LogP contribution in [0.1, 0.15) is 50.2 Å². The lowest BCUT2D eigenvalue weighted by atomic mass is 9.59. The van der Waals surface area contributed by atoms with Crippen LogP contribution in [0.15, 0.2) is 36.4 Å². The number of hydrogen-bond donors (Lipinski definition) is 3. The molecule has 2 aliphatic rings. The van der Waals surface area contributed by atoms with Crippen molar-refractivity contribution in [3.05, 3.63) is 47.5 Å². The molecule has 0 saturated heterocycles. The van der Waals surface area contributed by atoms with E-state index in [9.17, 15) is 15.3 Å². The monoisotopic (exact) mass is 326 g/mol. The minimum atomic E-state index is -0.626. The molecule has 2 aromatic rings. The van der Waals surface area contributed by atoms with Crippen molar-refractivity contribution in [2.45, 2.75) is 44.6 Å². The maximum Gasteiger partial charge on any atom is 0.138 e. The Hall–Kier alpha value is -2.36. The summed E-state index contributed by atoms with van der Waals surface area (Å²) in [5.41, 5.74) is 1.31. The van der Waals surface area contributed by atoms with Crippen LogP contribution in [0.2, 0.25) is 0 Å². The molecule has 3 N–H and O–H groups in total.